The molecule has 0 saturated carbocycles. The first-order valence-corrected chi connectivity index (χ1v) is 7.72. The third-order valence-electron chi connectivity index (χ3n) is 3.91. The van der Waals surface area contributed by atoms with Crippen molar-refractivity contribution in [2.75, 3.05) is 7.05 Å². The Bertz CT molecular complexity index is 706. The highest BCUT2D eigenvalue weighted by Crippen LogP contribution is 2.22. The van der Waals surface area contributed by atoms with E-state index in [1.54, 1.807) is 24.2 Å². The van der Waals surface area contributed by atoms with Crippen molar-refractivity contribution in [3.8, 4) is 0 Å². The highest BCUT2D eigenvalue weighted by molar-refractivity contribution is 5.98. The summed E-state index contributed by atoms with van der Waals surface area (Å²) in [5.74, 6) is -0.182. The van der Waals surface area contributed by atoms with Gasteiger partial charge < -0.3 is 9.88 Å². The van der Waals surface area contributed by atoms with Gasteiger partial charge in [-0.2, -0.15) is 0 Å². The second-order valence-corrected chi connectivity index (χ2v) is 6.97. The van der Waals surface area contributed by atoms with Crippen molar-refractivity contribution in [1.82, 2.24) is 9.88 Å². The highest BCUT2D eigenvalue weighted by Gasteiger charge is 2.16. The van der Waals surface area contributed by atoms with Gasteiger partial charge >= 0.3 is 0 Å². The number of hydrogen-bond acceptors (Lipinski definition) is 2. The molecule has 1 N–H and O–H groups in total. The van der Waals surface area contributed by atoms with Crippen LogP contribution < -0.4 is 0 Å². The van der Waals surface area contributed by atoms with Gasteiger partial charge in [-0.3, -0.25) is 9.59 Å². The van der Waals surface area contributed by atoms with E-state index in [2.05, 4.69) is 50.0 Å². The predicted molar refractivity (Wildman–Crippen MR) is 91.7 cm³/mol. The minimum atomic E-state index is -0.127. The maximum Gasteiger partial charge on any atom is 0.270 e. The maximum absolute atomic E-state index is 12.4. The molecule has 1 amide bonds. The lowest BCUT2D eigenvalue weighted by atomic mass is 9.87. The van der Waals surface area contributed by atoms with Crippen LogP contribution in [0.4, 0.5) is 0 Å². The zero-order valence-corrected chi connectivity index (χ0v) is 14.4. The number of nitrogens with zero attached hydrogens (tertiary/aromatic N) is 1. The third kappa shape index (κ3) is 4.09. The first kappa shape index (κ1) is 17.0. The summed E-state index contributed by atoms with van der Waals surface area (Å²) in [4.78, 5) is 28.2. The fourth-order valence-electron chi connectivity index (χ4n) is 2.38. The monoisotopic (exact) mass is 312 g/mol. The zero-order chi connectivity index (χ0) is 17.2. The van der Waals surface area contributed by atoms with Crippen molar-refractivity contribution in [3.63, 3.8) is 0 Å². The Morgan fingerprint density at radius 1 is 1.13 bits per heavy atom. The lowest BCUT2D eigenvalue weighted by Gasteiger charge is -2.20. The van der Waals surface area contributed by atoms with Crippen LogP contribution in [0.3, 0.4) is 0 Å². The molecular formula is C19H24N2O2. The summed E-state index contributed by atoms with van der Waals surface area (Å²) >= 11 is 0. The second kappa shape index (κ2) is 6.41. The predicted octanol–water partition coefficient (Wildman–Crippen LogP) is 3.79. The quantitative estimate of drug-likeness (QED) is 0.873. The number of aromatic amines is 1. The van der Waals surface area contributed by atoms with E-state index in [1.807, 2.05) is 0 Å². The van der Waals surface area contributed by atoms with Gasteiger partial charge in [-0.1, -0.05) is 45.0 Å². The fraction of sp³-hybridized carbons (Fsp3) is 0.368. The fourth-order valence-corrected chi connectivity index (χ4v) is 2.38. The molecule has 23 heavy (non-hydrogen) atoms. The van der Waals surface area contributed by atoms with E-state index in [0.717, 1.165) is 5.56 Å². The largest absolute Gasteiger partial charge is 0.356 e. The van der Waals surface area contributed by atoms with Crippen LogP contribution in [0.25, 0.3) is 0 Å². The van der Waals surface area contributed by atoms with E-state index >= 15 is 0 Å². The number of carbonyl (C=O) groups excluding carboxylic acids is 2. The van der Waals surface area contributed by atoms with Crippen LogP contribution in [-0.4, -0.2) is 28.6 Å². The average Bonchev–Trinajstić information content (AvgIpc) is 2.96. The van der Waals surface area contributed by atoms with Crippen LogP contribution in [-0.2, 0) is 12.0 Å². The van der Waals surface area contributed by atoms with Gasteiger partial charge in [0.15, 0.2) is 5.78 Å². The van der Waals surface area contributed by atoms with E-state index in [9.17, 15) is 9.59 Å². The summed E-state index contributed by atoms with van der Waals surface area (Å²) in [5, 5.41) is 0. The van der Waals surface area contributed by atoms with Crippen LogP contribution in [0, 0.1) is 0 Å². The molecule has 2 rings (SSSR count). The maximum atomic E-state index is 12.4. The van der Waals surface area contributed by atoms with Crippen molar-refractivity contribution in [2.24, 2.45) is 0 Å². The van der Waals surface area contributed by atoms with Gasteiger partial charge in [0.1, 0.15) is 5.69 Å². The lowest BCUT2D eigenvalue weighted by Crippen LogP contribution is -2.26. The van der Waals surface area contributed by atoms with E-state index in [1.165, 1.54) is 12.5 Å². The molecule has 0 aliphatic heterocycles. The SMILES string of the molecule is CC(=O)c1c[nH]c(C(=O)N(C)Cc2ccc(C(C)(C)C)cc2)c1. The Labute approximate surface area is 137 Å². The van der Waals surface area contributed by atoms with E-state index in [4.69, 9.17) is 0 Å². The molecule has 4 heteroatoms. The molecule has 0 aliphatic carbocycles. The number of benzene rings is 1. The highest BCUT2D eigenvalue weighted by atomic mass is 16.2. The van der Waals surface area contributed by atoms with Crippen molar-refractivity contribution >= 4 is 11.7 Å². The van der Waals surface area contributed by atoms with E-state index in [-0.39, 0.29) is 17.1 Å². The van der Waals surface area contributed by atoms with Crippen molar-refractivity contribution in [3.05, 3.63) is 58.9 Å². The van der Waals surface area contributed by atoms with E-state index in [0.29, 0.717) is 17.8 Å². The van der Waals surface area contributed by atoms with Crippen LogP contribution in [0.15, 0.2) is 36.5 Å². The first-order chi connectivity index (χ1) is 10.7. The Balaban J connectivity index is 2.07. The third-order valence-corrected chi connectivity index (χ3v) is 3.91. The van der Waals surface area contributed by atoms with Crippen LogP contribution in [0.1, 0.15) is 59.7 Å². The first-order valence-electron chi connectivity index (χ1n) is 7.72. The zero-order valence-electron chi connectivity index (χ0n) is 14.4. The van der Waals surface area contributed by atoms with Gasteiger partial charge in [-0.05, 0) is 29.5 Å². The van der Waals surface area contributed by atoms with Gasteiger partial charge in [-0.15, -0.1) is 0 Å². The van der Waals surface area contributed by atoms with Crippen LogP contribution in [0.5, 0.6) is 0 Å². The standard InChI is InChI=1S/C19H24N2O2/c1-13(22)15-10-17(20-11-15)18(23)21(5)12-14-6-8-16(9-7-14)19(2,3)4/h6-11,20H,12H2,1-5H3. The molecule has 1 heterocycles. The second-order valence-electron chi connectivity index (χ2n) is 6.97. The number of Topliss-reactive ketones (excluding diaryl/α,β-unsaturated/α-hetero) is 1. The van der Waals surface area contributed by atoms with Gasteiger partial charge in [0.25, 0.3) is 5.91 Å². The van der Waals surface area contributed by atoms with Gasteiger partial charge in [0.2, 0.25) is 0 Å². The Morgan fingerprint density at radius 2 is 1.74 bits per heavy atom. The van der Waals surface area contributed by atoms with Crippen LogP contribution >= 0.6 is 0 Å². The van der Waals surface area contributed by atoms with Gasteiger partial charge in [-0.25, -0.2) is 0 Å². The summed E-state index contributed by atoms with van der Waals surface area (Å²) in [5.41, 5.74) is 3.42. The smallest absolute Gasteiger partial charge is 0.270 e. The number of aromatic nitrogens is 1. The number of carbonyl (C=O) groups is 2. The lowest BCUT2D eigenvalue weighted by molar-refractivity contribution is 0.0780. The van der Waals surface area contributed by atoms with Gasteiger partial charge in [0.05, 0.1) is 0 Å². The number of amides is 1. The molecule has 0 unspecified atom stereocenters. The summed E-state index contributed by atoms with van der Waals surface area (Å²) in [6.07, 6.45) is 1.57. The molecule has 2 aromatic rings. The molecule has 122 valence electrons. The van der Waals surface area contributed by atoms with Crippen molar-refractivity contribution in [2.45, 2.75) is 39.7 Å². The molecule has 0 bridgehead atoms. The normalized spacial score (nSPS) is 11.3. The van der Waals surface area contributed by atoms with Crippen molar-refractivity contribution in [1.29, 1.82) is 0 Å². The molecule has 0 saturated heterocycles. The number of hydrogen-bond donors (Lipinski definition) is 1. The summed E-state index contributed by atoms with van der Waals surface area (Å²) in [6, 6.07) is 9.93. The summed E-state index contributed by atoms with van der Waals surface area (Å²) in [6.45, 7) is 8.54. The Morgan fingerprint density at radius 3 is 2.22 bits per heavy atom. The Kier molecular flexibility index (Phi) is 4.73. The number of ketones is 1. The molecule has 4 nitrogen and oxygen atoms in total. The van der Waals surface area contributed by atoms with Crippen molar-refractivity contribution < 1.29 is 9.59 Å². The molecule has 0 aliphatic rings. The molecule has 1 aromatic heterocycles. The summed E-state index contributed by atoms with van der Waals surface area (Å²) in [7, 11) is 1.76. The minimum absolute atomic E-state index is 0.0549. The molecule has 0 atom stereocenters. The number of H-pyrrole nitrogens is 1. The molecule has 0 radical (unpaired) electrons. The van der Waals surface area contributed by atoms with Gasteiger partial charge in [0, 0.05) is 25.4 Å². The molecular weight excluding hydrogens is 288 g/mol. The van der Waals surface area contributed by atoms with Crippen LogP contribution in [0.2, 0.25) is 0 Å². The minimum Gasteiger partial charge on any atom is -0.356 e. The average molecular weight is 312 g/mol. The molecule has 0 spiro atoms. The van der Waals surface area contributed by atoms with E-state index < -0.39 is 0 Å². The number of nitrogens with one attached hydrogen (secondary N) is 1. The topological polar surface area (TPSA) is 53.2 Å². The Hall–Kier alpha value is -2.36. The summed E-state index contributed by atoms with van der Waals surface area (Å²) < 4.78 is 0. The number of rotatable bonds is 4. The molecule has 0 fully saturated rings. The molecule has 1 aromatic carbocycles.